The second-order valence-corrected chi connectivity index (χ2v) is 3.30. The largest absolute Gasteiger partial charge is 0.465 e. The van der Waals surface area contributed by atoms with E-state index in [0.29, 0.717) is 12.5 Å². The predicted octanol–water partition coefficient (Wildman–Crippen LogP) is 2.23. The van der Waals surface area contributed by atoms with Crippen LogP contribution in [-0.2, 0) is 9.53 Å². The number of carbonyl (C=O) groups is 1. The molecular weight excluding hydrogens is 140 g/mol. The Kier molecular flexibility index (Phi) is 4.92. The first-order chi connectivity index (χ1) is 5.07. The van der Waals surface area contributed by atoms with Crippen molar-refractivity contribution in [3.8, 4) is 0 Å². The molecule has 11 heavy (non-hydrogen) atoms. The van der Waals surface area contributed by atoms with Gasteiger partial charge in [0.2, 0.25) is 0 Å². The highest BCUT2D eigenvalue weighted by Crippen LogP contribution is 2.03. The normalized spacial score (nSPS) is 13.2. The van der Waals surface area contributed by atoms with E-state index in [1.54, 1.807) is 0 Å². The minimum atomic E-state index is -0.0923. The summed E-state index contributed by atoms with van der Waals surface area (Å²) < 4.78 is 5.02. The molecule has 0 radical (unpaired) electrons. The first-order valence-electron chi connectivity index (χ1n) is 4.24. The lowest BCUT2D eigenvalue weighted by atomic mass is 10.1. The van der Waals surface area contributed by atoms with E-state index in [4.69, 9.17) is 4.74 Å². The van der Waals surface area contributed by atoms with Crippen LogP contribution in [0.3, 0.4) is 0 Å². The summed E-state index contributed by atoms with van der Waals surface area (Å²) in [4.78, 5) is 10.9. The molecule has 2 heteroatoms. The summed E-state index contributed by atoms with van der Waals surface area (Å²) in [5, 5.41) is 0. The Balaban J connectivity index is 3.46. The molecule has 1 atom stereocenters. The summed E-state index contributed by atoms with van der Waals surface area (Å²) in [6.07, 6.45) is 1.06. The fraction of sp³-hybridized carbons (Fsp3) is 0.889. The van der Waals surface area contributed by atoms with Gasteiger partial charge < -0.3 is 4.74 Å². The van der Waals surface area contributed by atoms with Crippen LogP contribution in [0.5, 0.6) is 0 Å². The van der Waals surface area contributed by atoms with Crippen molar-refractivity contribution >= 4 is 5.97 Å². The van der Waals surface area contributed by atoms with Crippen molar-refractivity contribution in [1.82, 2.24) is 0 Å². The minimum Gasteiger partial charge on any atom is -0.465 e. The van der Waals surface area contributed by atoms with Crippen LogP contribution in [-0.4, -0.2) is 12.6 Å². The molecule has 2 nitrogen and oxygen atoms in total. The van der Waals surface area contributed by atoms with Gasteiger partial charge >= 0.3 is 5.97 Å². The summed E-state index contributed by atoms with van der Waals surface area (Å²) in [5.41, 5.74) is 0. The lowest BCUT2D eigenvalue weighted by Gasteiger charge is -2.10. The lowest BCUT2D eigenvalue weighted by Crippen LogP contribution is -2.15. The molecule has 0 amide bonds. The predicted molar refractivity (Wildman–Crippen MR) is 45.3 cm³/mol. The molecular formula is C9H18O2. The maximum absolute atomic E-state index is 10.9. The van der Waals surface area contributed by atoms with E-state index in [2.05, 4.69) is 13.8 Å². The first kappa shape index (κ1) is 10.5. The number of carbonyl (C=O) groups excluding carboxylic acids is 1. The monoisotopic (exact) mass is 158 g/mol. The van der Waals surface area contributed by atoms with Crippen molar-refractivity contribution in [2.24, 2.45) is 11.8 Å². The molecule has 0 aromatic rings. The smallest absolute Gasteiger partial charge is 0.308 e. The van der Waals surface area contributed by atoms with E-state index in [1.165, 1.54) is 0 Å². The molecule has 0 spiro atoms. The van der Waals surface area contributed by atoms with Crippen LogP contribution in [0.4, 0.5) is 0 Å². The summed E-state index contributed by atoms with van der Waals surface area (Å²) in [6, 6.07) is 0. The van der Waals surface area contributed by atoms with E-state index in [0.717, 1.165) is 6.42 Å². The Hall–Kier alpha value is -0.530. The molecule has 0 saturated carbocycles. The Bertz CT molecular complexity index is 119. The van der Waals surface area contributed by atoms with Crippen molar-refractivity contribution in [1.29, 1.82) is 0 Å². The highest BCUT2D eigenvalue weighted by molar-refractivity contribution is 5.71. The Labute approximate surface area is 68.9 Å². The Morgan fingerprint density at radius 1 is 1.36 bits per heavy atom. The summed E-state index contributed by atoms with van der Waals surface area (Å²) in [5.74, 6) is 0.391. The van der Waals surface area contributed by atoms with Gasteiger partial charge in [0, 0.05) is 0 Å². The minimum absolute atomic E-state index is 0.000874. The number of esters is 1. The van der Waals surface area contributed by atoms with E-state index in [9.17, 15) is 4.79 Å². The summed E-state index contributed by atoms with van der Waals surface area (Å²) in [7, 11) is 0. The molecule has 66 valence electrons. The van der Waals surface area contributed by atoms with Gasteiger partial charge in [-0.1, -0.05) is 34.1 Å². The molecule has 0 unspecified atom stereocenters. The average Bonchev–Trinajstić information content (AvgIpc) is 1.99. The zero-order valence-electron chi connectivity index (χ0n) is 7.89. The van der Waals surface area contributed by atoms with Crippen LogP contribution >= 0.6 is 0 Å². The van der Waals surface area contributed by atoms with E-state index in [-0.39, 0.29) is 11.9 Å². The van der Waals surface area contributed by atoms with Gasteiger partial charge in [0.1, 0.15) is 0 Å². The Morgan fingerprint density at radius 3 is 2.27 bits per heavy atom. The van der Waals surface area contributed by atoms with Gasteiger partial charge in [-0.15, -0.1) is 0 Å². The number of ether oxygens (including phenoxy) is 1. The Morgan fingerprint density at radius 2 is 1.91 bits per heavy atom. The van der Waals surface area contributed by atoms with Crippen molar-refractivity contribution in [3.05, 3.63) is 0 Å². The van der Waals surface area contributed by atoms with Crippen LogP contribution in [0.25, 0.3) is 0 Å². The zero-order valence-corrected chi connectivity index (χ0v) is 7.89. The molecule has 0 fully saturated rings. The molecule has 0 heterocycles. The third-order valence-electron chi connectivity index (χ3n) is 1.68. The number of hydrogen-bond acceptors (Lipinski definition) is 2. The molecule has 0 aromatic carbocycles. The summed E-state index contributed by atoms with van der Waals surface area (Å²) in [6.45, 7) is 8.42. The standard InChI is InChI=1S/C9H18O2/c1-5-8(4)6-11-9(10)7(2)3/h7-8H,5-6H2,1-4H3/t8-/m1/s1. The maximum atomic E-state index is 10.9. The van der Waals surface area contributed by atoms with Crippen molar-refractivity contribution in [3.63, 3.8) is 0 Å². The van der Waals surface area contributed by atoms with E-state index >= 15 is 0 Å². The molecule has 0 rings (SSSR count). The van der Waals surface area contributed by atoms with E-state index in [1.807, 2.05) is 13.8 Å². The highest BCUT2D eigenvalue weighted by Gasteiger charge is 2.09. The first-order valence-corrected chi connectivity index (χ1v) is 4.24. The van der Waals surface area contributed by atoms with Crippen molar-refractivity contribution in [2.45, 2.75) is 34.1 Å². The topological polar surface area (TPSA) is 26.3 Å². The number of hydrogen-bond donors (Lipinski definition) is 0. The second-order valence-electron chi connectivity index (χ2n) is 3.30. The number of rotatable bonds is 4. The van der Waals surface area contributed by atoms with E-state index < -0.39 is 0 Å². The molecule has 0 saturated heterocycles. The van der Waals surface area contributed by atoms with Crippen LogP contribution in [0, 0.1) is 11.8 Å². The van der Waals surface area contributed by atoms with Gasteiger partial charge in [0.05, 0.1) is 12.5 Å². The molecule has 0 aliphatic heterocycles. The fourth-order valence-electron chi connectivity index (χ4n) is 0.509. The van der Waals surface area contributed by atoms with Crippen molar-refractivity contribution in [2.75, 3.05) is 6.61 Å². The van der Waals surface area contributed by atoms with Crippen LogP contribution in [0.15, 0.2) is 0 Å². The lowest BCUT2D eigenvalue weighted by molar-refractivity contribution is -0.148. The van der Waals surface area contributed by atoms with Crippen LogP contribution in [0.1, 0.15) is 34.1 Å². The van der Waals surface area contributed by atoms with Gasteiger partial charge in [-0.2, -0.15) is 0 Å². The second kappa shape index (κ2) is 5.16. The molecule has 0 aliphatic rings. The fourth-order valence-corrected chi connectivity index (χ4v) is 0.509. The van der Waals surface area contributed by atoms with Crippen LogP contribution < -0.4 is 0 Å². The third-order valence-corrected chi connectivity index (χ3v) is 1.68. The van der Waals surface area contributed by atoms with Crippen LogP contribution in [0.2, 0.25) is 0 Å². The summed E-state index contributed by atoms with van der Waals surface area (Å²) >= 11 is 0. The molecule has 0 N–H and O–H groups in total. The third kappa shape index (κ3) is 4.82. The van der Waals surface area contributed by atoms with Gasteiger partial charge in [-0.05, 0) is 5.92 Å². The quantitative estimate of drug-likeness (QED) is 0.586. The maximum Gasteiger partial charge on any atom is 0.308 e. The van der Waals surface area contributed by atoms with Gasteiger partial charge in [0.15, 0.2) is 0 Å². The zero-order chi connectivity index (χ0) is 8.85. The highest BCUT2D eigenvalue weighted by atomic mass is 16.5. The van der Waals surface area contributed by atoms with Gasteiger partial charge in [-0.3, -0.25) is 4.79 Å². The molecule has 0 aromatic heterocycles. The van der Waals surface area contributed by atoms with Gasteiger partial charge in [-0.25, -0.2) is 0 Å². The van der Waals surface area contributed by atoms with Gasteiger partial charge in [0.25, 0.3) is 0 Å². The van der Waals surface area contributed by atoms with Crippen molar-refractivity contribution < 1.29 is 9.53 Å². The average molecular weight is 158 g/mol. The molecule has 0 aliphatic carbocycles. The molecule has 0 bridgehead atoms. The SMILES string of the molecule is CC[C@@H](C)COC(=O)C(C)C.